The van der Waals surface area contributed by atoms with Gasteiger partial charge in [-0.15, -0.1) is 5.10 Å². The molecular formula is C19H14F3N5O4. The van der Waals surface area contributed by atoms with E-state index >= 15 is 0 Å². The Bertz CT molecular complexity index is 1440. The molecule has 0 saturated carbocycles. The molecule has 0 aliphatic carbocycles. The van der Waals surface area contributed by atoms with Crippen LogP contribution in [-0.2, 0) is 4.79 Å². The van der Waals surface area contributed by atoms with E-state index in [1.54, 1.807) is 37.3 Å². The van der Waals surface area contributed by atoms with Crippen LogP contribution in [0.25, 0.3) is 21.8 Å². The number of nitrogens with one attached hydrogen (secondary N) is 1. The van der Waals surface area contributed by atoms with Gasteiger partial charge in [0.2, 0.25) is 0 Å². The zero-order valence-corrected chi connectivity index (χ0v) is 15.8. The summed E-state index contributed by atoms with van der Waals surface area (Å²) in [7, 11) is 0. The van der Waals surface area contributed by atoms with Gasteiger partial charge in [-0.3, -0.25) is 9.36 Å². The van der Waals surface area contributed by atoms with Crippen molar-refractivity contribution >= 4 is 33.6 Å². The van der Waals surface area contributed by atoms with Crippen LogP contribution in [0, 0.1) is 0 Å². The van der Waals surface area contributed by atoms with Crippen molar-refractivity contribution in [2.75, 3.05) is 5.73 Å². The van der Waals surface area contributed by atoms with Gasteiger partial charge in [-0.1, -0.05) is 35.2 Å². The second-order valence-corrected chi connectivity index (χ2v) is 6.74. The fourth-order valence-electron chi connectivity index (χ4n) is 3.27. The SMILES string of the molecule is CC(c1ccccc1)n1c(=O)[nH]c2cc3c(cc2c1=O)c(N)nn3OC(=O)C(F)(F)F. The average molecular weight is 433 g/mol. The number of nitrogens with two attached hydrogens (primary N) is 1. The molecule has 160 valence electrons. The number of carbonyl (C=O) groups is 1. The zero-order valence-electron chi connectivity index (χ0n) is 15.8. The van der Waals surface area contributed by atoms with E-state index in [1.807, 2.05) is 0 Å². The Labute approximate surface area is 170 Å². The van der Waals surface area contributed by atoms with Gasteiger partial charge < -0.3 is 15.6 Å². The summed E-state index contributed by atoms with van der Waals surface area (Å²) in [4.78, 5) is 43.9. The van der Waals surface area contributed by atoms with Gasteiger partial charge in [-0.25, -0.2) is 9.59 Å². The summed E-state index contributed by atoms with van der Waals surface area (Å²) < 4.78 is 38.6. The van der Waals surface area contributed by atoms with Gasteiger partial charge in [-0.05, 0) is 24.6 Å². The molecule has 2 heterocycles. The van der Waals surface area contributed by atoms with Crippen molar-refractivity contribution in [1.82, 2.24) is 19.5 Å². The predicted octanol–water partition coefficient (Wildman–Crippen LogP) is 1.75. The fraction of sp³-hybridized carbons (Fsp3) is 0.158. The number of fused-ring (bicyclic) bond motifs is 2. The first-order chi connectivity index (χ1) is 14.6. The normalized spacial score (nSPS) is 12.9. The highest BCUT2D eigenvalue weighted by atomic mass is 19.4. The van der Waals surface area contributed by atoms with Crippen molar-refractivity contribution in [1.29, 1.82) is 0 Å². The highest BCUT2D eigenvalue weighted by molar-refractivity contribution is 5.99. The quantitative estimate of drug-likeness (QED) is 0.507. The Morgan fingerprint density at radius 1 is 1.16 bits per heavy atom. The first-order valence-electron chi connectivity index (χ1n) is 8.89. The number of hydrogen-bond acceptors (Lipinski definition) is 6. The van der Waals surface area contributed by atoms with Crippen molar-refractivity contribution < 1.29 is 22.8 Å². The third-order valence-corrected chi connectivity index (χ3v) is 4.80. The standard InChI is InChI=1S/C19H14F3N5O4/c1-9(10-5-3-2-4-6-10)26-16(28)11-7-12-14(8-13(11)24-18(26)30)27(25-15(12)23)31-17(29)19(20,21)22/h2-9H,1H3,(H2,23,25)(H,24,30). The molecule has 12 heteroatoms. The molecule has 31 heavy (non-hydrogen) atoms. The summed E-state index contributed by atoms with van der Waals surface area (Å²) in [5.41, 5.74) is 4.99. The summed E-state index contributed by atoms with van der Waals surface area (Å²) in [6.07, 6.45) is -5.25. The molecule has 0 spiro atoms. The van der Waals surface area contributed by atoms with Gasteiger partial charge in [-0.2, -0.15) is 13.2 Å². The minimum Gasteiger partial charge on any atom is -0.382 e. The van der Waals surface area contributed by atoms with Crippen LogP contribution in [0.2, 0.25) is 0 Å². The van der Waals surface area contributed by atoms with Crippen molar-refractivity contribution in [3.05, 3.63) is 68.9 Å². The number of nitrogen functional groups attached to an aromatic ring is 1. The van der Waals surface area contributed by atoms with Gasteiger partial charge in [0.05, 0.1) is 16.9 Å². The Morgan fingerprint density at radius 3 is 2.48 bits per heavy atom. The highest BCUT2D eigenvalue weighted by Crippen LogP contribution is 2.25. The van der Waals surface area contributed by atoms with Crippen LogP contribution in [0.1, 0.15) is 18.5 Å². The highest BCUT2D eigenvalue weighted by Gasteiger charge is 2.42. The number of carbonyl (C=O) groups excluding carboxylic acids is 1. The van der Waals surface area contributed by atoms with E-state index in [-0.39, 0.29) is 27.6 Å². The number of aromatic amines is 1. The van der Waals surface area contributed by atoms with Gasteiger partial charge >= 0.3 is 17.8 Å². The van der Waals surface area contributed by atoms with Crippen LogP contribution in [0.3, 0.4) is 0 Å². The number of aromatic nitrogens is 4. The molecule has 1 unspecified atom stereocenters. The van der Waals surface area contributed by atoms with Gasteiger partial charge in [0.25, 0.3) is 5.56 Å². The van der Waals surface area contributed by atoms with Crippen LogP contribution in [-0.4, -0.2) is 31.6 Å². The molecule has 0 bridgehead atoms. The average Bonchev–Trinajstić information content (AvgIpc) is 3.01. The van der Waals surface area contributed by atoms with E-state index in [1.165, 1.54) is 6.07 Å². The van der Waals surface area contributed by atoms with Crippen LogP contribution < -0.4 is 21.8 Å². The molecule has 4 rings (SSSR count). The molecule has 0 aliphatic rings. The number of anilines is 1. The largest absolute Gasteiger partial charge is 0.493 e. The summed E-state index contributed by atoms with van der Waals surface area (Å²) in [6.45, 7) is 1.68. The molecule has 9 nitrogen and oxygen atoms in total. The molecule has 0 aliphatic heterocycles. The first kappa shape index (κ1) is 20.2. The van der Waals surface area contributed by atoms with Gasteiger partial charge in [0.1, 0.15) is 5.52 Å². The lowest BCUT2D eigenvalue weighted by molar-refractivity contribution is -0.200. The molecule has 0 saturated heterocycles. The Kier molecular flexibility index (Phi) is 4.56. The van der Waals surface area contributed by atoms with E-state index in [0.717, 1.165) is 16.2 Å². The van der Waals surface area contributed by atoms with Crippen molar-refractivity contribution in [3.8, 4) is 0 Å². The summed E-state index contributed by atoms with van der Waals surface area (Å²) in [5.74, 6) is -2.77. The smallest absolute Gasteiger partial charge is 0.382 e. The molecule has 0 amide bonds. The Balaban J connectivity index is 1.90. The molecule has 0 radical (unpaired) electrons. The molecule has 0 fully saturated rings. The van der Waals surface area contributed by atoms with E-state index in [4.69, 9.17) is 5.73 Å². The van der Waals surface area contributed by atoms with E-state index in [0.29, 0.717) is 4.85 Å². The number of halogens is 3. The molecule has 1 atom stereocenters. The lowest BCUT2D eigenvalue weighted by atomic mass is 10.1. The molecule has 4 aromatic rings. The van der Waals surface area contributed by atoms with Crippen LogP contribution in [0.15, 0.2) is 52.1 Å². The predicted molar refractivity (Wildman–Crippen MR) is 104 cm³/mol. The van der Waals surface area contributed by atoms with E-state index < -0.39 is 29.4 Å². The minimum atomic E-state index is -5.25. The zero-order chi connectivity index (χ0) is 22.5. The van der Waals surface area contributed by atoms with Gasteiger partial charge in [0, 0.05) is 5.39 Å². The molecule has 3 N–H and O–H groups in total. The summed E-state index contributed by atoms with van der Waals surface area (Å²) >= 11 is 0. The topological polar surface area (TPSA) is 125 Å². The number of alkyl halides is 3. The molecule has 2 aromatic heterocycles. The first-order valence-corrected chi connectivity index (χ1v) is 8.89. The maximum absolute atomic E-state index is 13.1. The maximum Gasteiger partial charge on any atom is 0.493 e. The summed E-state index contributed by atoms with van der Waals surface area (Å²) in [5, 5.41) is 3.71. The number of rotatable bonds is 3. The lowest BCUT2D eigenvalue weighted by Crippen LogP contribution is -2.37. The Morgan fingerprint density at radius 2 is 1.84 bits per heavy atom. The lowest BCUT2D eigenvalue weighted by Gasteiger charge is -2.15. The minimum absolute atomic E-state index is 0.0169. The number of benzene rings is 2. The second-order valence-electron chi connectivity index (χ2n) is 6.74. The third kappa shape index (κ3) is 3.41. The van der Waals surface area contributed by atoms with Crippen molar-refractivity contribution in [2.45, 2.75) is 19.1 Å². The van der Waals surface area contributed by atoms with Crippen LogP contribution in [0.4, 0.5) is 19.0 Å². The number of nitrogens with zero attached hydrogens (tertiary/aromatic N) is 3. The second kappa shape index (κ2) is 7.00. The van der Waals surface area contributed by atoms with E-state index in [9.17, 15) is 27.6 Å². The van der Waals surface area contributed by atoms with Crippen molar-refractivity contribution in [3.63, 3.8) is 0 Å². The maximum atomic E-state index is 13.1. The fourth-order valence-corrected chi connectivity index (χ4v) is 3.27. The monoisotopic (exact) mass is 433 g/mol. The van der Waals surface area contributed by atoms with Crippen LogP contribution >= 0.6 is 0 Å². The van der Waals surface area contributed by atoms with E-state index in [2.05, 4.69) is 14.9 Å². The third-order valence-electron chi connectivity index (χ3n) is 4.80. The van der Waals surface area contributed by atoms with Gasteiger partial charge in [0.15, 0.2) is 5.82 Å². The molecule has 2 aromatic carbocycles. The number of H-pyrrole nitrogens is 1. The summed E-state index contributed by atoms with van der Waals surface area (Å²) in [6, 6.07) is 10.7. The number of hydrogen-bond donors (Lipinski definition) is 2. The van der Waals surface area contributed by atoms with Crippen molar-refractivity contribution in [2.24, 2.45) is 0 Å². The Hall–Kier alpha value is -4.09. The molecular weight excluding hydrogens is 419 g/mol. The van der Waals surface area contributed by atoms with Crippen LogP contribution in [0.5, 0.6) is 0 Å².